The number of thiophene rings is 1. The topological polar surface area (TPSA) is 105 Å². The average Bonchev–Trinajstić information content (AvgIpc) is 3.26. The molecule has 1 aliphatic rings. The number of anilines is 1. The Hall–Kier alpha value is -2.26. The number of rotatable bonds is 4. The minimum Gasteiger partial charge on any atom is -0.364 e. The number of nitrogens with one attached hydrogen (secondary N) is 1. The number of nitrogens with zero attached hydrogens (tertiary/aromatic N) is 2. The normalized spacial score (nSPS) is 17.2. The fraction of sp³-hybridized carbons (Fsp3) is 0.286. The molecular formula is C14H14N4O3S2. The number of hydrogen-bond donors (Lipinski definition) is 2. The quantitative estimate of drug-likeness (QED) is 0.872. The van der Waals surface area contributed by atoms with Crippen molar-refractivity contribution in [3.05, 3.63) is 33.5 Å². The Balaban J connectivity index is 1.70. The molecule has 2 aromatic heterocycles. The van der Waals surface area contributed by atoms with E-state index in [1.807, 2.05) is 11.4 Å². The second-order valence-electron chi connectivity index (χ2n) is 5.03. The number of likely N-dealkylation sites (tertiary alicyclic amines) is 1. The van der Waals surface area contributed by atoms with Gasteiger partial charge in [-0.15, -0.1) is 22.7 Å². The zero-order chi connectivity index (χ0) is 16.4. The zero-order valence-electron chi connectivity index (χ0n) is 12.0. The number of amides is 3. The number of nitrogens with two attached hydrogens (primary N) is 1. The lowest BCUT2D eigenvalue weighted by atomic mass is 10.2. The summed E-state index contributed by atoms with van der Waals surface area (Å²) >= 11 is 2.48. The molecule has 1 saturated heterocycles. The van der Waals surface area contributed by atoms with E-state index in [0.717, 1.165) is 17.8 Å². The van der Waals surface area contributed by atoms with Crippen LogP contribution in [0.4, 0.5) is 5.13 Å². The van der Waals surface area contributed by atoms with E-state index in [-0.39, 0.29) is 17.5 Å². The van der Waals surface area contributed by atoms with Crippen molar-refractivity contribution in [1.29, 1.82) is 0 Å². The van der Waals surface area contributed by atoms with Crippen molar-refractivity contribution in [3.8, 4) is 0 Å². The number of carbonyl (C=O) groups is 3. The van der Waals surface area contributed by atoms with Crippen LogP contribution in [0.1, 0.15) is 33.0 Å². The predicted octanol–water partition coefficient (Wildman–Crippen LogP) is 1.55. The van der Waals surface area contributed by atoms with E-state index in [1.165, 1.54) is 16.7 Å². The monoisotopic (exact) mass is 350 g/mol. The molecule has 3 rings (SSSR count). The fourth-order valence-electron chi connectivity index (χ4n) is 2.46. The first-order chi connectivity index (χ1) is 11.1. The molecule has 0 bridgehead atoms. The Morgan fingerprint density at radius 2 is 2.17 bits per heavy atom. The van der Waals surface area contributed by atoms with Crippen molar-refractivity contribution in [3.63, 3.8) is 0 Å². The summed E-state index contributed by atoms with van der Waals surface area (Å²) in [4.78, 5) is 42.1. The van der Waals surface area contributed by atoms with Gasteiger partial charge in [-0.2, -0.15) is 0 Å². The second-order valence-corrected chi connectivity index (χ2v) is 6.83. The van der Waals surface area contributed by atoms with Crippen molar-refractivity contribution in [1.82, 2.24) is 9.88 Å². The van der Waals surface area contributed by atoms with E-state index in [2.05, 4.69) is 10.3 Å². The van der Waals surface area contributed by atoms with Crippen molar-refractivity contribution >= 4 is 45.5 Å². The number of carbonyl (C=O) groups excluding carboxylic acids is 3. The lowest BCUT2D eigenvalue weighted by Gasteiger charge is -2.22. The first kappa shape index (κ1) is 15.6. The van der Waals surface area contributed by atoms with E-state index >= 15 is 0 Å². The van der Waals surface area contributed by atoms with Gasteiger partial charge in [0.05, 0.1) is 4.88 Å². The van der Waals surface area contributed by atoms with Crippen LogP contribution in [0.15, 0.2) is 22.9 Å². The van der Waals surface area contributed by atoms with Crippen LogP contribution in [0.2, 0.25) is 0 Å². The maximum atomic E-state index is 12.5. The van der Waals surface area contributed by atoms with Crippen LogP contribution >= 0.6 is 22.7 Å². The Kier molecular flexibility index (Phi) is 4.39. The van der Waals surface area contributed by atoms with Gasteiger partial charge < -0.3 is 16.0 Å². The third-order valence-corrected chi connectivity index (χ3v) is 5.15. The van der Waals surface area contributed by atoms with Gasteiger partial charge in [0, 0.05) is 11.9 Å². The van der Waals surface area contributed by atoms with Crippen molar-refractivity contribution in [2.75, 3.05) is 11.9 Å². The molecule has 7 nitrogen and oxygen atoms in total. The van der Waals surface area contributed by atoms with Gasteiger partial charge in [-0.05, 0) is 24.3 Å². The lowest BCUT2D eigenvalue weighted by molar-refractivity contribution is -0.119. The van der Waals surface area contributed by atoms with Crippen molar-refractivity contribution in [2.24, 2.45) is 5.73 Å². The molecule has 0 aliphatic carbocycles. The number of hydrogen-bond acceptors (Lipinski definition) is 6. The highest BCUT2D eigenvalue weighted by atomic mass is 32.1. The maximum absolute atomic E-state index is 12.5. The van der Waals surface area contributed by atoms with E-state index in [0.29, 0.717) is 23.0 Å². The molecular weight excluding hydrogens is 336 g/mol. The molecule has 2 aromatic rings. The van der Waals surface area contributed by atoms with Gasteiger partial charge in [-0.3, -0.25) is 14.4 Å². The standard InChI is InChI=1S/C14H14N4O3S2/c15-11(19)8-7-23-14(16-8)17-12(20)9-3-1-5-18(9)13(21)10-4-2-6-22-10/h2,4,6-7,9H,1,3,5H2,(H2,15,19)(H,16,17,20)/t9-/m0/s1. The Morgan fingerprint density at radius 3 is 2.83 bits per heavy atom. The summed E-state index contributed by atoms with van der Waals surface area (Å²) in [5.74, 6) is -1.07. The first-order valence-corrected chi connectivity index (χ1v) is 8.73. The second kappa shape index (κ2) is 6.47. The molecule has 1 atom stereocenters. The fourth-order valence-corrected chi connectivity index (χ4v) is 3.84. The third-order valence-electron chi connectivity index (χ3n) is 3.54. The molecule has 1 aliphatic heterocycles. The van der Waals surface area contributed by atoms with E-state index in [4.69, 9.17) is 5.73 Å². The largest absolute Gasteiger partial charge is 0.364 e. The summed E-state index contributed by atoms with van der Waals surface area (Å²) in [5.41, 5.74) is 5.25. The highest BCUT2D eigenvalue weighted by Crippen LogP contribution is 2.24. The van der Waals surface area contributed by atoms with Crippen LogP contribution in [0.3, 0.4) is 0 Å². The predicted molar refractivity (Wildman–Crippen MR) is 87.6 cm³/mol. The molecule has 120 valence electrons. The Morgan fingerprint density at radius 1 is 1.35 bits per heavy atom. The van der Waals surface area contributed by atoms with Gasteiger partial charge in [-0.25, -0.2) is 4.98 Å². The van der Waals surface area contributed by atoms with Crippen LogP contribution in [0, 0.1) is 0 Å². The third kappa shape index (κ3) is 3.25. The molecule has 23 heavy (non-hydrogen) atoms. The molecule has 0 saturated carbocycles. The summed E-state index contributed by atoms with van der Waals surface area (Å²) in [5, 5.41) is 6.28. The Bertz CT molecular complexity index is 741. The highest BCUT2D eigenvalue weighted by Gasteiger charge is 2.35. The highest BCUT2D eigenvalue weighted by molar-refractivity contribution is 7.14. The molecule has 0 spiro atoms. The van der Waals surface area contributed by atoms with Gasteiger partial charge in [0.1, 0.15) is 11.7 Å². The number of thiazole rings is 1. The minimum atomic E-state index is -0.642. The number of primary amides is 1. The summed E-state index contributed by atoms with van der Waals surface area (Å²) < 4.78 is 0. The molecule has 3 heterocycles. The summed E-state index contributed by atoms with van der Waals surface area (Å²) in [6.45, 7) is 0.555. The Labute approximate surface area is 140 Å². The summed E-state index contributed by atoms with van der Waals surface area (Å²) in [6, 6.07) is 3.04. The summed E-state index contributed by atoms with van der Waals surface area (Å²) in [6.07, 6.45) is 1.39. The van der Waals surface area contributed by atoms with Crippen molar-refractivity contribution in [2.45, 2.75) is 18.9 Å². The smallest absolute Gasteiger partial charge is 0.268 e. The zero-order valence-corrected chi connectivity index (χ0v) is 13.7. The van der Waals surface area contributed by atoms with Gasteiger partial charge in [-0.1, -0.05) is 6.07 Å². The lowest BCUT2D eigenvalue weighted by Crippen LogP contribution is -2.42. The SMILES string of the molecule is NC(=O)c1csc(NC(=O)[C@@H]2CCCN2C(=O)c2cccs2)n1. The van der Waals surface area contributed by atoms with Crippen LogP contribution in [-0.2, 0) is 4.79 Å². The molecule has 0 unspecified atom stereocenters. The van der Waals surface area contributed by atoms with Gasteiger partial charge >= 0.3 is 0 Å². The van der Waals surface area contributed by atoms with Gasteiger partial charge in [0.2, 0.25) is 5.91 Å². The van der Waals surface area contributed by atoms with Gasteiger partial charge in [0.15, 0.2) is 5.13 Å². The van der Waals surface area contributed by atoms with E-state index < -0.39 is 11.9 Å². The molecule has 3 amide bonds. The summed E-state index contributed by atoms with van der Waals surface area (Å²) in [7, 11) is 0. The van der Waals surface area contributed by atoms with Crippen LogP contribution in [0.5, 0.6) is 0 Å². The molecule has 9 heteroatoms. The van der Waals surface area contributed by atoms with Gasteiger partial charge in [0.25, 0.3) is 11.8 Å². The molecule has 0 aromatic carbocycles. The first-order valence-electron chi connectivity index (χ1n) is 6.97. The number of aromatic nitrogens is 1. The van der Waals surface area contributed by atoms with Crippen molar-refractivity contribution < 1.29 is 14.4 Å². The van der Waals surface area contributed by atoms with E-state index in [1.54, 1.807) is 11.0 Å². The van der Waals surface area contributed by atoms with E-state index in [9.17, 15) is 14.4 Å². The van der Waals surface area contributed by atoms with Crippen LogP contribution in [0.25, 0.3) is 0 Å². The minimum absolute atomic E-state index is 0.114. The van der Waals surface area contributed by atoms with Crippen LogP contribution < -0.4 is 11.1 Å². The average molecular weight is 350 g/mol. The molecule has 0 radical (unpaired) electrons. The van der Waals surface area contributed by atoms with Crippen LogP contribution in [-0.4, -0.2) is 40.2 Å². The maximum Gasteiger partial charge on any atom is 0.268 e. The molecule has 1 fully saturated rings. The molecule has 3 N–H and O–H groups in total.